The van der Waals surface area contributed by atoms with E-state index in [-0.39, 0.29) is 16.8 Å². The molecule has 1 aromatic carbocycles. The van der Waals surface area contributed by atoms with Gasteiger partial charge in [0.25, 0.3) is 5.91 Å². The van der Waals surface area contributed by atoms with Gasteiger partial charge in [0.15, 0.2) is 0 Å². The summed E-state index contributed by atoms with van der Waals surface area (Å²) in [6, 6.07) is 6.40. The molecule has 32 heavy (non-hydrogen) atoms. The van der Waals surface area contributed by atoms with Crippen molar-refractivity contribution in [1.29, 1.82) is 0 Å². The van der Waals surface area contributed by atoms with E-state index in [9.17, 15) is 18.3 Å². The van der Waals surface area contributed by atoms with Crippen LogP contribution in [0.4, 0.5) is 5.69 Å². The molecule has 1 atom stereocenters. The number of anilines is 1. The van der Waals surface area contributed by atoms with E-state index in [1.807, 2.05) is 0 Å². The zero-order valence-corrected chi connectivity index (χ0v) is 20.1. The van der Waals surface area contributed by atoms with Gasteiger partial charge in [0.2, 0.25) is 10.0 Å². The predicted octanol–water partition coefficient (Wildman–Crippen LogP) is 4.91. The Morgan fingerprint density at radius 1 is 0.750 bits per heavy atom. The van der Waals surface area contributed by atoms with Gasteiger partial charge < -0.3 is 10.0 Å². The third-order valence-electron chi connectivity index (χ3n) is 6.81. The van der Waals surface area contributed by atoms with Gasteiger partial charge in [-0.2, -0.15) is 0 Å². The molecule has 2 aliphatic rings. The standard InChI is InChI=1S/C25H40N2O4S/c28-24-19-20-27(25(24)29)22-15-17-23(18-16-22)32(30,31)26-21-13-11-9-7-5-3-1-2-4-6-8-10-12-14-21/h15-18,21,24,26,28H,1-14,19-20H2/t24-/m1/s1. The maximum atomic E-state index is 13.0. The number of sulfonamides is 1. The number of nitrogens with one attached hydrogen (secondary N) is 1. The smallest absolute Gasteiger partial charge is 0.255 e. The molecule has 2 N–H and O–H groups in total. The number of benzene rings is 1. The van der Waals surface area contributed by atoms with Gasteiger partial charge in [-0.15, -0.1) is 0 Å². The first-order valence-electron chi connectivity index (χ1n) is 12.6. The van der Waals surface area contributed by atoms with Crippen LogP contribution < -0.4 is 9.62 Å². The highest BCUT2D eigenvalue weighted by molar-refractivity contribution is 7.89. The highest BCUT2D eigenvalue weighted by atomic mass is 32.2. The van der Waals surface area contributed by atoms with Crippen LogP contribution in [0.2, 0.25) is 0 Å². The van der Waals surface area contributed by atoms with E-state index in [1.54, 1.807) is 24.3 Å². The minimum atomic E-state index is -3.61. The number of aliphatic hydroxyl groups is 1. The molecule has 0 radical (unpaired) electrons. The van der Waals surface area contributed by atoms with Gasteiger partial charge in [0.1, 0.15) is 6.10 Å². The third kappa shape index (κ3) is 7.56. The van der Waals surface area contributed by atoms with Gasteiger partial charge in [-0.05, 0) is 37.1 Å². The Morgan fingerprint density at radius 2 is 1.22 bits per heavy atom. The van der Waals surface area contributed by atoms with E-state index in [0.717, 1.165) is 25.7 Å². The number of carbonyl (C=O) groups excluding carboxylic acids is 1. The fourth-order valence-corrected chi connectivity index (χ4v) is 6.13. The number of amides is 1. The summed E-state index contributed by atoms with van der Waals surface area (Å²) in [6.07, 6.45) is 16.1. The number of rotatable bonds is 4. The van der Waals surface area contributed by atoms with E-state index in [4.69, 9.17) is 0 Å². The first kappa shape index (κ1) is 25.2. The fourth-order valence-electron chi connectivity index (χ4n) is 4.83. The number of hydrogen-bond acceptors (Lipinski definition) is 4. The molecule has 1 heterocycles. The van der Waals surface area contributed by atoms with Crippen molar-refractivity contribution < 1.29 is 18.3 Å². The Bertz CT molecular complexity index is 794. The van der Waals surface area contributed by atoms with Crippen LogP contribution in [0.3, 0.4) is 0 Å². The zero-order chi connectivity index (χ0) is 22.8. The molecule has 6 nitrogen and oxygen atoms in total. The molecular formula is C25H40N2O4S. The summed E-state index contributed by atoms with van der Waals surface area (Å²) in [5.74, 6) is -0.325. The molecule has 1 aromatic rings. The number of carbonyl (C=O) groups is 1. The van der Waals surface area contributed by atoms with Crippen molar-refractivity contribution in [1.82, 2.24) is 4.72 Å². The largest absolute Gasteiger partial charge is 0.383 e. The molecule has 7 heteroatoms. The first-order valence-corrected chi connectivity index (χ1v) is 14.1. The molecule has 180 valence electrons. The Balaban J connectivity index is 1.59. The summed E-state index contributed by atoms with van der Waals surface area (Å²) in [4.78, 5) is 13.7. The summed E-state index contributed by atoms with van der Waals surface area (Å²) in [5.41, 5.74) is 0.624. The Morgan fingerprint density at radius 3 is 1.66 bits per heavy atom. The molecule has 0 unspecified atom stereocenters. The zero-order valence-electron chi connectivity index (χ0n) is 19.3. The number of hydrogen-bond donors (Lipinski definition) is 2. The lowest BCUT2D eigenvalue weighted by molar-refractivity contribution is -0.123. The molecule has 1 amide bonds. The van der Waals surface area contributed by atoms with Gasteiger partial charge in [-0.1, -0.05) is 77.0 Å². The molecule has 1 saturated carbocycles. The first-order chi connectivity index (χ1) is 15.5. The van der Waals surface area contributed by atoms with Gasteiger partial charge >= 0.3 is 0 Å². The monoisotopic (exact) mass is 464 g/mol. The second kappa shape index (κ2) is 12.7. The quantitative estimate of drug-likeness (QED) is 0.663. The average molecular weight is 465 g/mol. The van der Waals surface area contributed by atoms with Gasteiger partial charge in [0, 0.05) is 24.7 Å². The van der Waals surface area contributed by atoms with Crippen molar-refractivity contribution in [2.45, 2.75) is 113 Å². The highest BCUT2D eigenvalue weighted by Crippen LogP contribution is 2.24. The Labute approximate surface area is 193 Å². The highest BCUT2D eigenvalue weighted by Gasteiger charge is 2.31. The van der Waals surface area contributed by atoms with Crippen LogP contribution in [0, 0.1) is 0 Å². The molecule has 0 spiro atoms. The summed E-state index contributed by atoms with van der Waals surface area (Å²) in [7, 11) is -3.61. The van der Waals surface area contributed by atoms with Crippen molar-refractivity contribution in [2.75, 3.05) is 11.4 Å². The predicted molar refractivity (Wildman–Crippen MR) is 128 cm³/mol. The second-order valence-corrected chi connectivity index (χ2v) is 11.1. The third-order valence-corrected chi connectivity index (χ3v) is 8.35. The minimum Gasteiger partial charge on any atom is -0.383 e. The van der Waals surface area contributed by atoms with Crippen LogP contribution in [0.5, 0.6) is 0 Å². The van der Waals surface area contributed by atoms with E-state index in [2.05, 4.69) is 4.72 Å². The molecule has 1 aliphatic heterocycles. The lowest BCUT2D eigenvalue weighted by atomic mass is 10.0. The van der Waals surface area contributed by atoms with E-state index < -0.39 is 16.1 Å². The van der Waals surface area contributed by atoms with Crippen molar-refractivity contribution in [3.8, 4) is 0 Å². The van der Waals surface area contributed by atoms with Crippen LogP contribution in [0.1, 0.15) is 96.3 Å². The SMILES string of the molecule is O=C1[C@H](O)CCN1c1ccc(S(=O)(=O)NC2CCCCCCCCCCCCCC2)cc1. The van der Waals surface area contributed by atoms with E-state index >= 15 is 0 Å². The van der Waals surface area contributed by atoms with E-state index in [0.29, 0.717) is 18.7 Å². The van der Waals surface area contributed by atoms with Crippen LogP contribution in [-0.4, -0.2) is 38.1 Å². The summed E-state index contributed by atoms with van der Waals surface area (Å²) in [6.45, 7) is 0.451. The van der Waals surface area contributed by atoms with Crippen molar-refractivity contribution >= 4 is 21.6 Å². The van der Waals surface area contributed by atoms with Crippen molar-refractivity contribution in [3.05, 3.63) is 24.3 Å². The molecule has 1 aliphatic carbocycles. The molecule has 0 aromatic heterocycles. The van der Waals surface area contributed by atoms with Crippen LogP contribution in [-0.2, 0) is 14.8 Å². The molecule has 3 rings (SSSR count). The van der Waals surface area contributed by atoms with Gasteiger partial charge in [0.05, 0.1) is 4.90 Å². The summed E-state index contributed by atoms with van der Waals surface area (Å²) < 4.78 is 29.0. The normalized spacial score (nSPS) is 23.6. The Hall–Kier alpha value is -1.44. The number of nitrogens with zero attached hydrogens (tertiary/aromatic N) is 1. The van der Waals surface area contributed by atoms with Crippen molar-refractivity contribution in [3.63, 3.8) is 0 Å². The molecule has 0 bridgehead atoms. The van der Waals surface area contributed by atoms with Gasteiger partial charge in [-0.25, -0.2) is 13.1 Å². The van der Waals surface area contributed by atoms with Crippen LogP contribution in [0.15, 0.2) is 29.2 Å². The molecular weight excluding hydrogens is 424 g/mol. The Kier molecular flexibility index (Phi) is 10.0. The summed E-state index contributed by atoms with van der Waals surface area (Å²) in [5, 5.41) is 9.66. The van der Waals surface area contributed by atoms with Crippen LogP contribution in [0.25, 0.3) is 0 Å². The topological polar surface area (TPSA) is 86.7 Å². The minimum absolute atomic E-state index is 0.0277. The van der Waals surface area contributed by atoms with Gasteiger partial charge in [-0.3, -0.25) is 4.79 Å². The number of aliphatic hydroxyl groups excluding tert-OH is 1. The van der Waals surface area contributed by atoms with E-state index in [1.165, 1.54) is 69.1 Å². The average Bonchev–Trinajstić information content (AvgIpc) is 3.10. The van der Waals surface area contributed by atoms with Crippen molar-refractivity contribution in [2.24, 2.45) is 0 Å². The molecule has 2 fully saturated rings. The van der Waals surface area contributed by atoms with Crippen LogP contribution >= 0.6 is 0 Å². The maximum Gasteiger partial charge on any atom is 0.255 e. The lowest BCUT2D eigenvalue weighted by Crippen LogP contribution is -2.35. The summed E-state index contributed by atoms with van der Waals surface area (Å²) >= 11 is 0. The second-order valence-electron chi connectivity index (χ2n) is 9.43. The lowest BCUT2D eigenvalue weighted by Gasteiger charge is -2.20. The molecule has 1 saturated heterocycles. The maximum absolute atomic E-state index is 13.0. The fraction of sp³-hybridized carbons (Fsp3) is 0.720.